The van der Waals surface area contributed by atoms with Gasteiger partial charge in [0.05, 0.1) is 50.2 Å². The van der Waals surface area contributed by atoms with Gasteiger partial charge in [0.15, 0.2) is 11.5 Å². The van der Waals surface area contributed by atoms with Crippen molar-refractivity contribution in [1.29, 1.82) is 0 Å². The first-order valence-electron chi connectivity index (χ1n) is 10.4. The molecule has 0 aliphatic carbocycles. The first-order chi connectivity index (χ1) is 15.9. The lowest BCUT2D eigenvalue weighted by atomic mass is 10.2. The number of nitro groups is 1. The van der Waals surface area contributed by atoms with Gasteiger partial charge in [-0.3, -0.25) is 24.3 Å². The summed E-state index contributed by atoms with van der Waals surface area (Å²) >= 11 is 0. The zero-order valence-corrected chi connectivity index (χ0v) is 18.7. The van der Waals surface area contributed by atoms with Gasteiger partial charge in [0.1, 0.15) is 6.20 Å². The molecule has 3 rings (SSSR count). The number of methoxy groups -OCH3 is 1. The van der Waals surface area contributed by atoms with Gasteiger partial charge in [-0.25, -0.2) is 0 Å². The Bertz CT molecular complexity index is 1110. The second-order valence-electron chi connectivity index (χ2n) is 6.92. The molecule has 2 aromatic heterocycles. The number of benzene rings is 1. The van der Waals surface area contributed by atoms with E-state index in [1.807, 2.05) is 32.0 Å². The lowest BCUT2D eigenvalue weighted by Gasteiger charge is -2.12. The zero-order chi connectivity index (χ0) is 23.8. The van der Waals surface area contributed by atoms with Crippen LogP contribution in [0.5, 0.6) is 17.4 Å². The molecule has 0 spiro atoms. The van der Waals surface area contributed by atoms with Crippen molar-refractivity contribution in [2.24, 2.45) is 0 Å². The van der Waals surface area contributed by atoms with Gasteiger partial charge in [0.25, 0.3) is 0 Å². The van der Waals surface area contributed by atoms with E-state index in [1.165, 1.54) is 18.0 Å². The average Bonchev–Trinajstić information content (AvgIpc) is 3.41. The molecule has 0 atom stereocenters. The second kappa shape index (κ2) is 11.0. The third-order valence-corrected chi connectivity index (χ3v) is 4.54. The fraction of sp³-hybridized carbons (Fsp3) is 0.381. The number of anilines is 1. The number of carbonyl (C=O) groups excluding carboxylic acids is 1. The Morgan fingerprint density at radius 2 is 1.91 bits per heavy atom. The highest BCUT2D eigenvalue weighted by atomic mass is 16.6. The maximum Gasteiger partial charge on any atom is 0.350 e. The summed E-state index contributed by atoms with van der Waals surface area (Å²) in [6.07, 6.45) is 4.58. The van der Waals surface area contributed by atoms with Gasteiger partial charge in [-0.1, -0.05) is 6.07 Å². The van der Waals surface area contributed by atoms with Crippen molar-refractivity contribution in [2.75, 3.05) is 25.6 Å². The quantitative estimate of drug-likeness (QED) is 0.323. The minimum Gasteiger partial charge on any atom is -0.490 e. The number of hydrogen-bond acceptors (Lipinski definition) is 8. The number of aromatic nitrogens is 4. The highest BCUT2D eigenvalue weighted by Gasteiger charge is 2.20. The topological polar surface area (TPSA) is 136 Å². The van der Waals surface area contributed by atoms with Crippen LogP contribution in [0, 0.1) is 10.1 Å². The molecule has 2 heterocycles. The van der Waals surface area contributed by atoms with E-state index < -0.39 is 4.92 Å². The van der Waals surface area contributed by atoms with Crippen LogP contribution >= 0.6 is 0 Å². The largest absolute Gasteiger partial charge is 0.490 e. The number of ether oxygens (including phenoxy) is 3. The van der Waals surface area contributed by atoms with Gasteiger partial charge in [0, 0.05) is 12.6 Å². The zero-order valence-electron chi connectivity index (χ0n) is 18.7. The highest BCUT2D eigenvalue weighted by Crippen LogP contribution is 2.29. The Labute approximate surface area is 190 Å². The Balaban J connectivity index is 1.57. The van der Waals surface area contributed by atoms with Crippen molar-refractivity contribution in [3.05, 3.63) is 52.5 Å². The molecule has 0 bridgehead atoms. The maximum atomic E-state index is 12.3. The normalized spacial score (nSPS) is 10.6. The SMILES string of the molecule is CCOc1ccc(Cn2cc(NC(=O)CCn3cc([N+](=O)[O-])c(OC)n3)cn2)cc1OCC. The molecule has 0 saturated heterocycles. The number of aryl methyl sites for hydroxylation is 1. The number of amides is 1. The molecule has 0 saturated carbocycles. The van der Waals surface area contributed by atoms with Gasteiger partial charge in [-0.05, 0) is 31.5 Å². The average molecular weight is 458 g/mol. The number of nitrogens with zero attached hydrogens (tertiary/aromatic N) is 5. The first kappa shape index (κ1) is 23.6. The molecule has 0 unspecified atom stereocenters. The van der Waals surface area contributed by atoms with Crippen LogP contribution < -0.4 is 19.5 Å². The van der Waals surface area contributed by atoms with E-state index in [0.717, 1.165) is 5.56 Å². The fourth-order valence-electron chi connectivity index (χ4n) is 3.11. The first-order valence-corrected chi connectivity index (χ1v) is 10.4. The van der Waals surface area contributed by atoms with Crippen LogP contribution in [0.4, 0.5) is 11.4 Å². The van der Waals surface area contributed by atoms with E-state index in [2.05, 4.69) is 15.5 Å². The summed E-state index contributed by atoms with van der Waals surface area (Å²) in [5.74, 6) is 1.000. The van der Waals surface area contributed by atoms with Crippen LogP contribution in [0.1, 0.15) is 25.8 Å². The molecule has 0 aliphatic heterocycles. The van der Waals surface area contributed by atoms with Crippen LogP contribution in [-0.4, -0.2) is 50.7 Å². The number of rotatable bonds is 12. The molecule has 1 amide bonds. The molecule has 0 aliphatic rings. The van der Waals surface area contributed by atoms with E-state index in [-0.39, 0.29) is 30.4 Å². The van der Waals surface area contributed by atoms with Gasteiger partial charge >= 0.3 is 11.6 Å². The Hall–Kier alpha value is -4.09. The van der Waals surface area contributed by atoms with Crippen molar-refractivity contribution >= 4 is 17.3 Å². The van der Waals surface area contributed by atoms with Crippen molar-refractivity contribution in [1.82, 2.24) is 19.6 Å². The summed E-state index contributed by atoms with van der Waals surface area (Å²) in [4.78, 5) is 22.7. The smallest absolute Gasteiger partial charge is 0.350 e. The third kappa shape index (κ3) is 6.21. The second-order valence-corrected chi connectivity index (χ2v) is 6.92. The highest BCUT2D eigenvalue weighted by molar-refractivity contribution is 5.90. The minimum atomic E-state index is -0.585. The Kier molecular flexibility index (Phi) is 7.84. The van der Waals surface area contributed by atoms with Crippen LogP contribution in [0.2, 0.25) is 0 Å². The molecule has 0 fully saturated rings. The van der Waals surface area contributed by atoms with Crippen LogP contribution in [0.15, 0.2) is 36.8 Å². The van der Waals surface area contributed by atoms with E-state index in [0.29, 0.717) is 36.9 Å². The van der Waals surface area contributed by atoms with Crippen molar-refractivity contribution in [3.63, 3.8) is 0 Å². The van der Waals surface area contributed by atoms with Crippen LogP contribution in [0.25, 0.3) is 0 Å². The van der Waals surface area contributed by atoms with Crippen LogP contribution in [-0.2, 0) is 17.9 Å². The Morgan fingerprint density at radius 1 is 1.15 bits per heavy atom. The summed E-state index contributed by atoms with van der Waals surface area (Å²) in [7, 11) is 1.30. The summed E-state index contributed by atoms with van der Waals surface area (Å²) in [6.45, 7) is 5.55. The molecular formula is C21H26N6O6. The third-order valence-electron chi connectivity index (χ3n) is 4.54. The molecule has 12 heteroatoms. The summed E-state index contributed by atoms with van der Waals surface area (Å²) < 4.78 is 19.1. The van der Waals surface area contributed by atoms with Gasteiger partial charge in [-0.15, -0.1) is 5.10 Å². The number of nitrogens with one attached hydrogen (secondary N) is 1. The van der Waals surface area contributed by atoms with E-state index in [9.17, 15) is 14.9 Å². The fourth-order valence-corrected chi connectivity index (χ4v) is 3.11. The summed E-state index contributed by atoms with van der Waals surface area (Å²) in [5.41, 5.74) is 1.26. The predicted octanol–water partition coefficient (Wildman–Crippen LogP) is 2.87. The molecule has 33 heavy (non-hydrogen) atoms. The van der Waals surface area contributed by atoms with Crippen molar-refractivity contribution < 1.29 is 23.9 Å². The van der Waals surface area contributed by atoms with Gasteiger partial charge < -0.3 is 19.5 Å². The predicted molar refractivity (Wildman–Crippen MR) is 119 cm³/mol. The molecule has 12 nitrogen and oxygen atoms in total. The van der Waals surface area contributed by atoms with Crippen molar-refractivity contribution in [3.8, 4) is 17.4 Å². The number of hydrogen-bond donors (Lipinski definition) is 1. The standard InChI is InChI=1S/C21H26N6O6/c1-4-32-18-7-6-15(10-19(18)33-5-2)12-26-13-16(11-22-26)23-20(28)8-9-25-14-17(27(29)30)21(24-25)31-3/h6-7,10-11,13-14H,4-5,8-9,12H2,1-3H3,(H,23,28). The lowest BCUT2D eigenvalue weighted by molar-refractivity contribution is -0.385. The Morgan fingerprint density at radius 3 is 2.58 bits per heavy atom. The summed E-state index contributed by atoms with van der Waals surface area (Å²) in [5, 5.41) is 22.0. The van der Waals surface area contributed by atoms with E-state index >= 15 is 0 Å². The lowest BCUT2D eigenvalue weighted by Crippen LogP contribution is -2.14. The monoisotopic (exact) mass is 458 g/mol. The summed E-state index contributed by atoms with van der Waals surface area (Å²) in [6, 6.07) is 5.71. The molecule has 1 N–H and O–H groups in total. The minimum absolute atomic E-state index is 0.0732. The van der Waals surface area contributed by atoms with Crippen molar-refractivity contribution in [2.45, 2.75) is 33.4 Å². The van der Waals surface area contributed by atoms with E-state index in [4.69, 9.17) is 14.2 Å². The molecule has 1 aromatic carbocycles. The molecule has 3 aromatic rings. The maximum absolute atomic E-state index is 12.3. The molecule has 176 valence electrons. The van der Waals surface area contributed by atoms with Crippen LogP contribution in [0.3, 0.4) is 0 Å². The number of carbonyl (C=O) groups is 1. The van der Waals surface area contributed by atoms with E-state index in [1.54, 1.807) is 17.1 Å². The molecule has 0 radical (unpaired) electrons. The van der Waals surface area contributed by atoms with Gasteiger partial charge in [-0.2, -0.15) is 5.10 Å². The van der Waals surface area contributed by atoms with Gasteiger partial charge in [0.2, 0.25) is 5.91 Å². The molecular weight excluding hydrogens is 432 g/mol.